The van der Waals surface area contributed by atoms with Crippen molar-refractivity contribution >= 4 is 21.6 Å². The molecule has 4 rings (SSSR count). The van der Waals surface area contributed by atoms with Gasteiger partial charge in [0, 0.05) is 11.1 Å². The van der Waals surface area contributed by atoms with E-state index in [9.17, 15) is 8.42 Å². The fourth-order valence-corrected chi connectivity index (χ4v) is 4.71. The monoisotopic (exact) mass is 473 g/mol. The maximum atomic E-state index is 12.7. The van der Waals surface area contributed by atoms with Crippen LogP contribution in [0, 0.1) is 0 Å². The predicted molar refractivity (Wildman–Crippen MR) is 122 cm³/mol. The van der Waals surface area contributed by atoms with Gasteiger partial charge in [-0.25, -0.2) is 13.1 Å². The van der Waals surface area contributed by atoms with Gasteiger partial charge in [0.1, 0.15) is 11.5 Å². The number of benzene rings is 3. The molecule has 0 bridgehead atoms. The minimum Gasteiger partial charge on any atom is -0.457 e. The molecule has 1 heterocycles. The summed E-state index contributed by atoms with van der Waals surface area (Å²) >= 11 is 5.87. The van der Waals surface area contributed by atoms with Crippen molar-refractivity contribution in [2.45, 2.75) is 36.7 Å². The number of sulfonamides is 1. The first-order chi connectivity index (χ1) is 15.5. The summed E-state index contributed by atoms with van der Waals surface area (Å²) in [6.07, 6.45) is 0.921. The molecule has 1 fully saturated rings. The van der Waals surface area contributed by atoms with Gasteiger partial charge in [-0.2, -0.15) is 0 Å². The van der Waals surface area contributed by atoms with E-state index >= 15 is 0 Å². The van der Waals surface area contributed by atoms with Gasteiger partial charge in [-0.15, -0.1) is 0 Å². The SMILES string of the molecule is O=S(=O)(NC1CCC(OCc2ccccc2)OC1)c1ccc(Oc2ccc(Cl)cc2)cc1. The number of halogens is 1. The van der Waals surface area contributed by atoms with Crippen LogP contribution < -0.4 is 9.46 Å². The zero-order valence-corrected chi connectivity index (χ0v) is 18.9. The van der Waals surface area contributed by atoms with Gasteiger partial charge in [0.05, 0.1) is 18.1 Å². The van der Waals surface area contributed by atoms with Crippen LogP contribution >= 0.6 is 11.6 Å². The molecule has 1 aliphatic heterocycles. The molecule has 3 aromatic rings. The fourth-order valence-electron chi connectivity index (χ4n) is 3.33. The molecule has 6 nitrogen and oxygen atoms in total. The maximum absolute atomic E-state index is 12.7. The van der Waals surface area contributed by atoms with Gasteiger partial charge >= 0.3 is 0 Å². The van der Waals surface area contributed by atoms with Gasteiger partial charge in [0.2, 0.25) is 10.0 Å². The van der Waals surface area contributed by atoms with Crippen molar-refractivity contribution in [1.82, 2.24) is 4.72 Å². The van der Waals surface area contributed by atoms with Crippen molar-refractivity contribution in [3.63, 3.8) is 0 Å². The summed E-state index contributed by atoms with van der Waals surface area (Å²) in [7, 11) is -3.67. The van der Waals surface area contributed by atoms with Gasteiger partial charge in [-0.05, 0) is 66.9 Å². The van der Waals surface area contributed by atoms with Gasteiger partial charge < -0.3 is 14.2 Å². The summed E-state index contributed by atoms with van der Waals surface area (Å²) in [6.45, 7) is 0.725. The Morgan fingerprint density at radius 1 is 0.906 bits per heavy atom. The van der Waals surface area contributed by atoms with E-state index in [1.54, 1.807) is 36.4 Å². The first-order valence-electron chi connectivity index (χ1n) is 10.3. The second kappa shape index (κ2) is 10.5. The highest BCUT2D eigenvalue weighted by molar-refractivity contribution is 7.89. The maximum Gasteiger partial charge on any atom is 0.240 e. The van der Waals surface area contributed by atoms with Crippen LogP contribution in [0.2, 0.25) is 5.02 Å². The molecular weight excluding hydrogens is 450 g/mol. The van der Waals surface area contributed by atoms with Crippen molar-refractivity contribution in [1.29, 1.82) is 0 Å². The summed E-state index contributed by atoms with van der Waals surface area (Å²) < 4.78 is 45.4. The first kappa shape index (κ1) is 22.8. The lowest BCUT2D eigenvalue weighted by Gasteiger charge is -2.29. The molecule has 168 valence electrons. The highest BCUT2D eigenvalue weighted by Crippen LogP contribution is 2.25. The van der Waals surface area contributed by atoms with Crippen molar-refractivity contribution in [3.8, 4) is 11.5 Å². The van der Waals surface area contributed by atoms with Gasteiger partial charge in [-0.1, -0.05) is 41.9 Å². The van der Waals surface area contributed by atoms with Crippen LogP contribution in [0.15, 0.2) is 83.8 Å². The van der Waals surface area contributed by atoms with Crippen molar-refractivity contribution in [2.75, 3.05) is 6.61 Å². The molecule has 0 saturated carbocycles. The Hall–Kier alpha value is -2.42. The quantitative estimate of drug-likeness (QED) is 0.490. The molecule has 1 saturated heterocycles. The van der Waals surface area contributed by atoms with Crippen molar-refractivity contribution in [3.05, 3.63) is 89.4 Å². The molecule has 32 heavy (non-hydrogen) atoms. The normalized spacial score (nSPS) is 18.9. The zero-order valence-electron chi connectivity index (χ0n) is 17.3. The molecule has 0 aliphatic carbocycles. The lowest BCUT2D eigenvalue weighted by Crippen LogP contribution is -2.43. The fraction of sp³-hybridized carbons (Fsp3) is 0.250. The zero-order chi connectivity index (χ0) is 22.4. The average Bonchev–Trinajstić information content (AvgIpc) is 2.81. The summed E-state index contributed by atoms with van der Waals surface area (Å²) in [4.78, 5) is 0.170. The predicted octanol–water partition coefficient (Wildman–Crippen LogP) is 5.13. The summed E-state index contributed by atoms with van der Waals surface area (Å²) in [5.74, 6) is 1.15. The third-order valence-corrected chi connectivity index (χ3v) is 6.81. The number of ether oxygens (including phenoxy) is 3. The summed E-state index contributed by atoms with van der Waals surface area (Å²) in [5.41, 5.74) is 1.07. The van der Waals surface area contributed by atoms with Crippen molar-refractivity contribution < 1.29 is 22.6 Å². The highest BCUT2D eigenvalue weighted by atomic mass is 35.5. The first-order valence-corrected chi connectivity index (χ1v) is 12.2. The van der Waals surface area contributed by atoms with Crippen LogP contribution in [0.4, 0.5) is 0 Å². The van der Waals surface area contributed by atoms with E-state index in [2.05, 4.69) is 4.72 Å². The number of hydrogen-bond donors (Lipinski definition) is 1. The Morgan fingerprint density at radius 2 is 1.56 bits per heavy atom. The largest absolute Gasteiger partial charge is 0.457 e. The van der Waals surface area contributed by atoms with Crippen LogP contribution in [0.3, 0.4) is 0 Å². The third-order valence-electron chi connectivity index (χ3n) is 5.02. The van der Waals surface area contributed by atoms with Crippen LogP contribution in [-0.2, 0) is 26.1 Å². The van der Waals surface area contributed by atoms with Gasteiger partial charge in [-0.3, -0.25) is 0 Å². The molecular formula is C24H24ClNO5S. The van der Waals surface area contributed by atoms with E-state index in [1.165, 1.54) is 12.1 Å². The molecule has 1 aliphatic rings. The van der Waals surface area contributed by atoms with Crippen LogP contribution in [0.5, 0.6) is 11.5 Å². The second-order valence-electron chi connectivity index (χ2n) is 7.48. The van der Waals surface area contributed by atoms with Gasteiger partial charge in [0.25, 0.3) is 0 Å². The lowest BCUT2D eigenvalue weighted by atomic mass is 10.1. The Bertz CT molecular complexity index is 1100. The topological polar surface area (TPSA) is 73.9 Å². The summed E-state index contributed by atoms with van der Waals surface area (Å²) in [5, 5.41) is 0.616. The summed E-state index contributed by atoms with van der Waals surface area (Å²) in [6, 6.07) is 22.8. The Morgan fingerprint density at radius 3 is 2.19 bits per heavy atom. The minimum atomic E-state index is -3.67. The number of nitrogens with one attached hydrogen (secondary N) is 1. The van der Waals surface area contributed by atoms with E-state index in [0.717, 1.165) is 5.56 Å². The molecule has 2 atom stereocenters. The molecule has 1 N–H and O–H groups in total. The molecule has 3 aromatic carbocycles. The highest BCUT2D eigenvalue weighted by Gasteiger charge is 2.26. The van der Waals surface area contributed by atoms with E-state index in [1.807, 2.05) is 30.3 Å². The smallest absolute Gasteiger partial charge is 0.240 e. The Kier molecular flexibility index (Phi) is 7.44. The number of rotatable bonds is 8. The van der Waals surface area contributed by atoms with E-state index < -0.39 is 10.0 Å². The molecule has 0 radical (unpaired) electrons. The molecule has 2 unspecified atom stereocenters. The van der Waals surface area contributed by atoms with E-state index in [0.29, 0.717) is 36.0 Å². The van der Waals surface area contributed by atoms with Crippen LogP contribution in [0.25, 0.3) is 0 Å². The van der Waals surface area contributed by atoms with Crippen LogP contribution in [-0.4, -0.2) is 27.4 Å². The number of hydrogen-bond acceptors (Lipinski definition) is 5. The third kappa shape index (κ3) is 6.31. The standard InChI is InChI=1S/C24H24ClNO5S/c25-19-6-9-21(10-7-19)31-22-11-13-23(14-12-22)32(27,28)26-20-8-15-24(30-17-20)29-16-18-4-2-1-3-5-18/h1-7,9-14,20,24,26H,8,15-17H2. The van der Waals surface area contributed by atoms with Gasteiger partial charge in [0.15, 0.2) is 6.29 Å². The molecule has 8 heteroatoms. The molecule has 0 amide bonds. The molecule has 0 spiro atoms. The average molecular weight is 474 g/mol. The Labute approximate surface area is 193 Å². The van der Waals surface area contributed by atoms with Crippen LogP contribution in [0.1, 0.15) is 18.4 Å². The molecule has 0 aromatic heterocycles. The minimum absolute atomic E-state index is 0.170. The van der Waals surface area contributed by atoms with E-state index in [-0.39, 0.29) is 23.8 Å². The van der Waals surface area contributed by atoms with Crippen molar-refractivity contribution in [2.24, 2.45) is 0 Å². The lowest BCUT2D eigenvalue weighted by molar-refractivity contribution is -0.173. The Balaban J connectivity index is 1.27. The second-order valence-corrected chi connectivity index (χ2v) is 9.63. The van der Waals surface area contributed by atoms with E-state index in [4.69, 9.17) is 25.8 Å².